The Labute approximate surface area is 98.5 Å². The third kappa shape index (κ3) is 5.91. The van der Waals surface area contributed by atoms with Gasteiger partial charge in [-0.2, -0.15) is 0 Å². The van der Waals surface area contributed by atoms with Crippen LogP contribution in [0.15, 0.2) is 12.2 Å². The van der Waals surface area contributed by atoms with E-state index in [0.29, 0.717) is 12.0 Å². The maximum absolute atomic E-state index is 11.4. The normalized spacial score (nSPS) is 14.2. The van der Waals surface area contributed by atoms with Crippen molar-refractivity contribution >= 4 is 5.97 Å². The van der Waals surface area contributed by atoms with E-state index in [4.69, 9.17) is 4.74 Å². The van der Waals surface area contributed by atoms with Gasteiger partial charge in [-0.3, -0.25) is 0 Å². The highest BCUT2D eigenvalue weighted by molar-refractivity contribution is 5.87. The number of hydrogen-bond acceptors (Lipinski definition) is 3. The summed E-state index contributed by atoms with van der Waals surface area (Å²) in [5, 5.41) is 9.86. The first-order chi connectivity index (χ1) is 7.52. The van der Waals surface area contributed by atoms with E-state index in [0.717, 1.165) is 25.7 Å². The van der Waals surface area contributed by atoms with E-state index in [1.165, 1.54) is 0 Å². The molecule has 0 rings (SSSR count). The minimum atomic E-state index is -0.556. The van der Waals surface area contributed by atoms with Gasteiger partial charge in [-0.1, -0.05) is 33.3 Å². The van der Waals surface area contributed by atoms with Crippen LogP contribution in [0.3, 0.4) is 0 Å². The molecule has 3 nitrogen and oxygen atoms in total. The molecule has 2 atom stereocenters. The summed E-state index contributed by atoms with van der Waals surface area (Å²) in [5.41, 5.74) is 0.380. The molecule has 0 aromatic carbocycles. The zero-order valence-electron chi connectivity index (χ0n) is 10.7. The predicted octanol–water partition coefficient (Wildman–Crippen LogP) is 2.83. The first-order valence-electron chi connectivity index (χ1n) is 6.07. The molecule has 0 saturated carbocycles. The summed E-state index contributed by atoms with van der Waals surface area (Å²) in [6, 6.07) is 0. The Morgan fingerprint density at radius 1 is 1.31 bits per heavy atom. The fraction of sp³-hybridized carbons (Fsp3) is 0.769. The quantitative estimate of drug-likeness (QED) is 0.513. The molecule has 16 heavy (non-hydrogen) atoms. The molecule has 0 heterocycles. The Kier molecular flexibility index (Phi) is 7.90. The van der Waals surface area contributed by atoms with E-state index >= 15 is 0 Å². The predicted molar refractivity (Wildman–Crippen MR) is 65.1 cm³/mol. The number of carbonyl (C=O) groups excluding carboxylic acids is 1. The number of hydrogen-bond donors (Lipinski definition) is 1. The van der Waals surface area contributed by atoms with Crippen LogP contribution >= 0.6 is 0 Å². The second-order valence-electron chi connectivity index (χ2n) is 4.22. The number of unbranched alkanes of at least 4 members (excludes halogenated alkanes) is 1. The molecule has 1 N–H and O–H groups in total. The molecular formula is C13H24O3. The van der Waals surface area contributed by atoms with Crippen molar-refractivity contribution in [2.24, 2.45) is 0 Å². The lowest BCUT2D eigenvalue weighted by Gasteiger charge is -2.22. The lowest BCUT2D eigenvalue weighted by Crippen LogP contribution is -2.31. The van der Waals surface area contributed by atoms with Crippen LogP contribution in [0, 0.1) is 0 Å². The summed E-state index contributed by atoms with van der Waals surface area (Å²) in [6.45, 7) is 9.23. The topological polar surface area (TPSA) is 46.5 Å². The molecule has 0 saturated heterocycles. The summed E-state index contributed by atoms with van der Waals surface area (Å²) < 4.78 is 5.24. The Balaban J connectivity index is 4.29. The number of aliphatic hydroxyl groups is 1. The Morgan fingerprint density at radius 3 is 2.38 bits per heavy atom. The van der Waals surface area contributed by atoms with Crippen molar-refractivity contribution in [2.75, 3.05) is 0 Å². The Bertz CT molecular complexity index is 223. The van der Waals surface area contributed by atoms with E-state index < -0.39 is 12.1 Å². The van der Waals surface area contributed by atoms with Gasteiger partial charge in [0.05, 0.1) is 6.10 Å². The minimum Gasteiger partial charge on any atom is -0.456 e. The lowest BCUT2D eigenvalue weighted by atomic mass is 10.0. The fourth-order valence-electron chi connectivity index (χ4n) is 1.45. The van der Waals surface area contributed by atoms with Crippen LogP contribution in [0.25, 0.3) is 0 Å². The number of esters is 1. The molecule has 0 spiro atoms. The molecule has 0 aliphatic heterocycles. The number of ether oxygens (including phenoxy) is 1. The molecule has 0 aromatic heterocycles. The summed E-state index contributed by atoms with van der Waals surface area (Å²) >= 11 is 0. The highest BCUT2D eigenvalue weighted by Crippen LogP contribution is 2.14. The Hall–Kier alpha value is -0.830. The van der Waals surface area contributed by atoms with Crippen molar-refractivity contribution in [1.82, 2.24) is 0 Å². The first kappa shape index (κ1) is 15.2. The Morgan fingerprint density at radius 2 is 1.94 bits per heavy atom. The zero-order chi connectivity index (χ0) is 12.6. The van der Waals surface area contributed by atoms with E-state index in [1.807, 2.05) is 6.92 Å². The van der Waals surface area contributed by atoms with Crippen molar-refractivity contribution in [3.05, 3.63) is 12.2 Å². The molecule has 2 unspecified atom stereocenters. The minimum absolute atomic E-state index is 0.380. The molecule has 0 aliphatic rings. The SMILES string of the molecule is C=C(C)C(=O)OC(CCCC)C(O)CCC. The van der Waals surface area contributed by atoms with E-state index in [9.17, 15) is 9.90 Å². The third-order valence-corrected chi connectivity index (χ3v) is 2.46. The van der Waals surface area contributed by atoms with Gasteiger partial charge in [-0.15, -0.1) is 0 Å². The molecule has 0 bridgehead atoms. The second-order valence-corrected chi connectivity index (χ2v) is 4.22. The largest absolute Gasteiger partial charge is 0.456 e. The van der Waals surface area contributed by atoms with Gasteiger partial charge in [0.2, 0.25) is 0 Å². The number of aliphatic hydroxyl groups excluding tert-OH is 1. The third-order valence-electron chi connectivity index (χ3n) is 2.46. The lowest BCUT2D eigenvalue weighted by molar-refractivity contribution is -0.151. The molecule has 0 aliphatic carbocycles. The van der Waals surface area contributed by atoms with Crippen molar-refractivity contribution in [2.45, 2.75) is 65.1 Å². The average Bonchev–Trinajstić information content (AvgIpc) is 2.23. The number of carbonyl (C=O) groups is 1. The van der Waals surface area contributed by atoms with Gasteiger partial charge in [0.1, 0.15) is 6.10 Å². The highest BCUT2D eigenvalue weighted by atomic mass is 16.6. The smallest absolute Gasteiger partial charge is 0.333 e. The van der Waals surface area contributed by atoms with E-state index in [2.05, 4.69) is 13.5 Å². The van der Waals surface area contributed by atoms with E-state index in [1.54, 1.807) is 6.92 Å². The van der Waals surface area contributed by atoms with Gasteiger partial charge in [-0.25, -0.2) is 4.79 Å². The molecular weight excluding hydrogens is 204 g/mol. The molecule has 94 valence electrons. The van der Waals surface area contributed by atoms with Crippen molar-refractivity contribution in [3.8, 4) is 0 Å². The van der Waals surface area contributed by atoms with Gasteiger partial charge in [0.15, 0.2) is 0 Å². The maximum Gasteiger partial charge on any atom is 0.333 e. The maximum atomic E-state index is 11.4. The standard InChI is InChI=1S/C13H24O3/c1-5-7-9-12(11(14)8-6-2)16-13(15)10(3)4/h11-12,14H,3,5-9H2,1-2,4H3. The van der Waals surface area contributed by atoms with Crippen LogP contribution in [-0.4, -0.2) is 23.3 Å². The van der Waals surface area contributed by atoms with E-state index in [-0.39, 0.29) is 6.10 Å². The van der Waals surface area contributed by atoms with Gasteiger partial charge in [-0.05, 0) is 26.2 Å². The summed E-state index contributed by atoms with van der Waals surface area (Å²) in [4.78, 5) is 11.4. The summed E-state index contributed by atoms with van der Waals surface area (Å²) in [5.74, 6) is -0.406. The zero-order valence-corrected chi connectivity index (χ0v) is 10.7. The first-order valence-corrected chi connectivity index (χ1v) is 6.07. The van der Waals surface area contributed by atoms with Crippen LogP contribution in [-0.2, 0) is 9.53 Å². The molecule has 0 fully saturated rings. The van der Waals surface area contributed by atoms with Gasteiger partial charge < -0.3 is 9.84 Å². The van der Waals surface area contributed by atoms with Crippen LogP contribution in [0.5, 0.6) is 0 Å². The fourth-order valence-corrected chi connectivity index (χ4v) is 1.45. The molecule has 0 amide bonds. The molecule has 3 heteroatoms. The van der Waals surface area contributed by atoms with Crippen LogP contribution in [0.1, 0.15) is 52.9 Å². The van der Waals surface area contributed by atoms with Gasteiger partial charge in [0.25, 0.3) is 0 Å². The summed E-state index contributed by atoms with van der Waals surface area (Å²) in [7, 11) is 0. The van der Waals surface area contributed by atoms with Crippen molar-refractivity contribution in [3.63, 3.8) is 0 Å². The van der Waals surface area contributed by atoms with Crippen LogP contribution in [0.4, 0.5) is 0 Å². The molecule has 0 aromatic rings. The van der Waals surface area contributed by atoms with Gasteiger partial charge in [0, 0.05) is 5.57 Å². The van der Waals surface area contributed by atoms with Crippen molar-refractivity contribution in [1.29, 1.82) is 0 Å². The second kappa shape index (κ2) is 8.34. The summed E-state index contributed by atoms with van der Waals surface area (Å²) in [6.07, 6.45) is 3.31. The van der Waals surface area contributed by atoms with Crippen LogP contribution < -0.4 is 0 Å². The monoisotopic (exact) mass is 228 g/mol. The highest BCUT2D eigenvalue weighted by Gasteiger charge is 2.22. The van der Waals surface area contributed by atoms with Gasteiger partial charge >= 0.3 is 5.97 Å². The average molecular weight is 228 g/mol. The number of rotatable bonds is 8. The molecule has 0 radical (unpaired) electrons. The van der Waals surface area contributed by atoms with Crippen molar-refractivity contribution < 1.29 is 14.6 Å². The van der Waals surface area contributed by atoms with Crippen LogP contribution in [0.2, 0.25) is 0 Å².